The molecule has 28 heavy (non-hydrogen) atoms. The van der Waals surface area contributed by atoms with Gasteiger partial charge in [0.2, 0.25) is 11.8 Å². The zero-order valence-corrected chi connectivity index (χ0v) is 16.9. The van der Waals surface area contributed by atoms with Crippen LogP contribution in [-0.2, 0) is 9.59 Å². The Morgan fingerprint density at radius 3 is 2.43 bits per heavy atom. The number of ether oxygens (including phenoxy) is 1. The maximum absolute atomic E-state index is 12.5. The topological polar surface area (TPSA) is 109 Å². The van der Waals surface area contributed by atoms with Crippen molar-refractivity contribution in [1.29, 1.82) is 0 Å². The molecule has 0 unspecified atom stereocenters. The minimum absolute atomic E-state index is 0.0396. The van der Waals surface area contributed by atoms with Gasteiger partial charge in [-0.15, -0.1) is 0 Å². The number of carboxylic acids is 1. The third-order valence-corrected chi connectivity index (χ3v) is 4.62. The number of amides is 1. The average Bonchev–Trinajstić information content (AvgIpc) is 2.62. The summed E-state index contributed by atoms with van der Waals surface area (Å²) in [6, 6.07) is 6.39. The van der Waals surface area contributed by atoms with Crippen LogP contribution in [0.25, 0.3) is 10.8 Å². The molecule has 0 aliphatic carbocycles. The minimum atomic E-state index is -1.06. The SMILES string of the molecule is CC(C)[C@H](NC(=O)C(C)(C)COc1cc2cc([C@@H](C)O)ccc2cn1)C(=O)O. The van der Waals surface area contributed by atoms with Gasteiger partial charge in [0.1, 0.15) is 12.6 Å². The standard InChI is InChI=1S/C21H28N2O5/c1-12(2)18(19(25)26)23-20(27)21(4,5)11-28-17-9-16-8-14(13(3)24)6-7-15(16)10-22-17/h6-10,12-13,18,24H,11H2,1-5H3,(H,23,27)(H,25,26)/t13-,18+/m1/s1. The maximum atomic E-state index is 12.5. The van der Waals surface area contributed by atoms with E-state index in [1.54, 1.807) is 46.9 Å². The zero-order chi connectivity index (χ0) is 21.1. The molecule has 1 amide bonds. The third-order valence-electron chi connectivity index (χ3n) is 4.62. The highest BCUT2D eigenvalue weighted by atomic mass is 16.5. The van der Waals surface area contributed by atoms with Crippen LogP contribution in [0.5, 0.6) is 5.88 Å². The van der Waals surface area contributed by atoms with Crippen LogP contribution in [0.3, 0.4) is 0 Å². The molecule has 2 atom stereocenters. The zero-order valence-electron chi connectivity index (χ0n) is 16.9. The van der Waals surface area contributed by atoms with E-state index in [4.69, 9.17) is 4.74 Å². The second kappa shape index (κ2) is 8.56. The predicted octanol–water partition coefficient (Wildman–Crippen LogP) is 2.92. The summed E-state index contributed by atoms with van der Waals surface area (Å²) in [5, 5.41) is 23.4. The van der Waals surface area contributed by atoms with Crippen LogP contribution in [0.1, 0.15) is 46.3 Å². The van der Waals surface area contributed by atoms with Gasteiger partial charge in [0, 0.05) is 17.6 Å². The molecule has 0 aliphatic heterocycles. The van der Waals surface area contributed by atoms with Crippen LogP contribution in [0.15, 0.2) is 30.5 Å². The molecule has 2 rings (SSSR count). The van der Waals surface area contributed by atoms with Crippen LogP contribution in [0, 0.1) is 11.3 Å². The molecule has 0 aliphatic rings. The lowest BCUT2D eigenvalue weighted by molar-refractivity contribution is -0.145. The quantitative estimate of drug-likeness (QED) is 0.642. The second-order valence-electron chi connectivity index (χ2n) is 8.01. The van der Waals surface area contributed by atoms with Gasteiger partial charge in [-0.25, -0.2) is 9.78 Å². The lowest BCUT2D eigenvalue weighted by atomic mass is 9.92. The molecule has 0 bridgehead atoms. The predicted molar refractivity (Wildman–Crippen MR) is 106 cm³/mol. The fourth-order valence-corrected chi connectivity index (χ4v) is 2.65. The number of pyridine rings is 1. The fourth-order valence-electron chi connectivity index (χ4n) is 2.65. The second-order valence-corrected chi connectivity index (χ2v) is 8.01. The molecule has 7 heteroatoms. The Morgan fingerprint density at radius 2 is 1.86 bits per heavy atom. The normalized spacial score (nSPS) is 14.0. The first-order chi connectivity index (χ1) is 13.0. The van der Waals surface area contributed by atoms with E-state index in [0.29, 0.717) is 5.88 Å². The highest BCUT2D eigenvalue weighted by Crippen LogP contribution is 2.24. The highest BCUT2D eigenvalue weighted by Gasteiger charge is 2.33. The molecule has 0 saturated carbocycles. The molecule has 1 aromatic heterocycles. The number of nitrogens with one attached hydrogen (secondary N) is 1. The Labute approximate surface area is 164 Å². The summed E-state index contributed by atoms with van der Waals surface area (Å²) in [5.41, 5.74) is -0.154. The van der Waals surface area contributed by atoms with Crippen LogP contribution < -0.4 is 10.1 Å². The van der Waals surface area contributed by atoms with Gasteiger partial charge in [-0.2, -0.15) is 0 Å². The first kappa shape index (κ1) is 21.6. The number of carboxylic acid groups (broad SMARTS) is 1. The number of benzene rings is 1. The number of aliphatic carboxylic acids is 1. The minimum Gasteiger partial charge on any atom is -0.480 e. The Morgan fingerprint density at radius 1 is 1.18 bits per heavy atom. The van der Waals surface area contributed by atoms with Crippen molar-refractivity contribution in [1.82, 2.24) is 10.3 Å². The first-order valence-electron chi connectivity index (χ1n) is 9.25. The van der Waals surface area contributed by atoms with E-state index in [2.05, 4.69) is 10.3 Å². The molecule has 0 radical (unpaired) electrons. The van der Waals surface area contributed by atoms with E-state index in [1.165, 1.54) is 0 Å². The van der Waals surface area contributed by atoms with Gasteiger partial charge in [0.15, 0.2) is 0 Å². The van der Waals surface area contributed by atoms with E-state index in [-0.39, 0.29) is 12.5 Å². The maximum Gasteiger partial charge on any atom is 0.326 e. The number of rotatable bonds is 8. The van der Waals surface area contributed by atoms with Gasteiger partial charge >= 0.3 is 5.97 Å². The summed E-state index contributed by atoms with van der Waals surface area (Å²) in [7, 11) is 0. The van der Waals surface area contributed by atoms with Gasteiger partial charge in [-0.1, -0.05) is 26.0 Å². The molecule has 3 N–H and O–H groups in total. The van der Waals surface area contributed by atoms with Crippen molar-refractivity contribution >= 4 is 22.6 Å². The molecule has 0 saturated heterocycles. The summed E-state index contributed by atoms with van der Waals surface area (Å²) in [6.45, 7) is 8.59. The fraction of sp³-hybridized carbons (Fsp3) is 0.476. The number of aliphatic hydroxyl groups excluding tert-OH is 1. The third kappa shape index (κ3) is 5.19. The summed E-state index contributed by atoms with van der Waals surface area (Å²) in [6.07, 6.45) is 1.09. The number of carbonyl (C=O) groups is 2. The Bertz CT molecular complexity index is 861. The van der Waals surface area contributed by atoms with E-state index in [1.807, 2.05) is 18.2 Å². The number of aromatic nitrogens is 1. The Hall–Kier alpha value is -2.67. The smallest absolute Gasteiger partial charge is 0.326 e. The number of aliphatic hydroxyl groups is 1. The molecule has 2 aromatic rings. The monoisotopic (exact) mass is 388 g/mol. The number of fused-ring (bicyclic) bond motifs is 1. The molecule has 7 nitrogen and oxygen atoms in total. The summed E-state index contributed by atoms with van der Waals surface area (Å²) in [5.74, 6) is -1.34. The highest BCUT2D eigenvalue weighted by molar-refractivity contribution is 5.87. The number of hydrogen-bond donors (Lipinski definition) is 3. The van der Waals surface area contributed by atoms with Crippen molar-refractivity contribution in [3.63, 3.8) is 0 Å². The number of nitrogens with zero attached hydrogens (tertiary/aromatic N) is 1. The Kier molecular flexibility index (Phi) is 6.61. The van der Waals surface area contributed by atoms with Crippen molar-refractivity contribution in [2.24, 2.45) is 11.3 Å². The molecule has 0 fully saturated rings. The van der Waals surface area contributed by atoms with E-state index < -0.39 is 29.4 Å². The largest absolute Gasteiger partial charge is 0.480 e. The molecule has 152 valence electrons. The van der Waals surface area contributed by atoms with Gasteiger partial charge in [0.05, 0.1) is 11.5 Å². The van der Waals surface area contributed by atoms with Crippen molar-refractivity contribution in [3.8, 4) is 5.88 Å². The Balaban J connectivity index is 2.10. The summed E-state index contributed by atoms with van der Waals surface area (Å²) >= 11 is 0. The lowest BCUT2D eigenvalue weighted by Crippen LogP contribution is -2.50. The van der Waals surface area contributed by atoms with Crippen LogP contribution in [-0.4, -0.2) is 39.7 Å². The molecule has 0 spiro atoms. The van der Waals surface area contributed by atoms with Gasteiger partial charge in [-0.3, -0.25) is 4.79 Å². The average molecular weight is 388 g/mol. The number of hydrogen-bond acceptors (Lipinski definition) is 5. The van der Waals surface area contributed by atoms with E-state index >= 15 is 0 Å². The van der Waals surface area contributed by atoms with E-state index in [0.717, 1.165) is 16.3 Å². The van der Waals surface area contributed by atoms with Gasteiger partial charge < -0.3 is 20.3 Å². The molecular weight excluding hydrogens is 360 g/mol. The molecular formula is C21H28N2O5. The van der Waals surface area contributed by atoms with Crippen molar-refractivity contribution in [3.05, 3.63) is 36.0 Å². The first-order valence-corrected chi connectivity index (χ1v) is 9.25. The summed E-state index contributed by atoms with van der Waals surface area (Å²) < 4.78 is 5.72. The van der Waals surface area contributed by atoms with Crippen LogP contribution in [0.2, 0.25) is 0 Å². The van der Waals surface area contributed by atoms with E-state index in [9.17, 15) is 19.8 Å². The van der Waals surface area contributed by atoms with Crippen LogP contribution in [0.4, 0.5) is 0 Å². The van der Waals surface area contributed by atoms with Crippen molar-refractivity contribution in [2.75, 3.05) is 6.61 Å². The number of carbonyl (C=O) groups excluding carboxylic acids is 1. The van der Waals surface area contributed by atoms with Gasteiger partial charge in [-0.05, 0) is 43.7 Å². The van der Waals surface area contributed by atoms with Crippen molar-refractivity contribution in [2.45, 2.75) is 46.8 Å². The summed E-state index contributed by atoms with van der Waals surface area (Å²) in [4.78, 5) is 28.1. The molecule has 1 heterocycles. The van der Waals surface area contributed by atoms with Crippen molar-refractivity contribution < 1.29 is 24.5 Å². The lowest BCUT2D eigenvalue weighted by Gasteiger charge is -2.27. The van der Waals surface area contributed by atoms with Gasteiger partial charge in [0.25, 0.3) is 0 Å². The molecule has 1 aromatic carbocycles. The van der Waals surface area contributed by atoms with Crippen LogP contribution >= 0.6 is 0 Å².